The summed E-state index contributed by atoms with van der Waals surface area (Å²) in [6, 6.07) is 12.4. The second-order valence-electron chi connectivity index (χ2n) is 7.59. The molecule has 7 nitrogen and oxygen atoms in total. The van der Waals surface area contributed by atoms with E-state index in [0.29, 0.717) is 31.1 Å². The van der Waals surface area contributed by atoms with Crippen molar-refractivity contribution in [2.24, 2.45) is 0 Å². The Labute approximate surface area is 177 Å². The van der Waals surface area contributed by atoms with Gasteiger partial charge in [0.25, 0.3) is 0 Å². The van der Waals surface area contributed by atoms with E-state index >= 15 is 0 Å². The molecule has 0 fully saturated rings. The first kappa shape index (κ1) is 20.7. The number of amides is 1. The number of fused-ring (bicyclic) bond motifs is 2. The normalized spacial score (nSPS) is 17.8. The van der Waals surface area contributed by atoms with Crippen LogP contribution in [0.2, 0.25) is 0 Å². The molecule has 0 N–H and O–H groups in total. The number of benzene rings is 2. The Kier molecular flexibility index (Phi) is 5.71. The largest absolute Gasteiger partial charge is 0.486 e. The van der Waals surface area contributed by atoms with E-state index in [1.807, 2.05) is 38.1 Å². The monoisotopic (exact) mass is 430 g/mol. The zero-order valence-corrected chi connectivity index (χ0v) is 18.0. The number of hydrogen-bond donors (Lipinski definition) is 0. The van der Waals surface area contributed by atoms with E-state index in [1.165, 1.54) is 16.4 Å². The minimum absolute atomic E-state index is 0.00428. The van der Waals surface area contributed by atoms with Gasteiger partial charge in [0.15, 0.2) is 11.5 Å². The maximum absolute atomic E-state index is 13.3. The predicted octanol–water partition coefficient (Wildman–Crippen LogP) is 2.84. The maximum atomic E-state index is 13.3. The summed E-state index contributed by atoms with van der Waals surface area (Å²) in [6.45, 7) is 4.74. The van der Waals surface area contributed by atoms with Crippen LogP contribution in [0.1, 0.15) is 25.8 Å². The fourth-order valence-electron chi connectivity index (χ4n) is 4.04. The van der Waals surface area contributed by atoms with Gasteiger partial charge in [-0.1, -0.05) is 25.1 Å². The molecule has 1 atom stereocenters. The zero-order chi connectivity index (χ0) is 21.3. The van der Waals surface area contributed by atoms with Crippen LogP contribution in [0.15, 0.2) is 47.4 Å². The van der Waals surface area contributed by atoms with Crippen LogP contribution in [-0.4, -0.2) is 51.0 Å². The molecule has 8 heteroatoms. The summed E-state index contributed by atoms with van der Waals surface area (Å²) in [5, 5.41) is 0. The lowest BCUT2D eigenvalue weighted by Gasteiger charge is -2.27. The van der Waals surface area contributed by atoms with Crippen molar-refractivity contribution < 1.29 is 22.7 Å². The van der Waals surface area contributed by atoms with Gasteiger partial charge in [-0.05, 0) is 43.5 Å². The fourth-order valence-corrected chi connectivity index (χ4v) is 5.54. The standard InChI is InChI=1S/C22H26N2O5S/c1-3-10-23(15-22(25)24-16(2)13-17-6-4-5-7-19(17)24)30(26,27)18-8-9-20-21(14-18)29-12-11-28-20/h4-9,14,16H,3,10-13,15H2,1-2H3. The van der Waals surface area contributed by atoms with Crippen molar-refractivity contribution in [2.75, 3.05) is 31.2 Å². The third-order valence-electron chi connectivity index (χ3n) is 5.41. The number of carbonyl (C=O) groups excluding carboxylic acids is 1. The highest BCUT2D eigenvalue weighted by atomic mass is 32.2. The maximum Gasteiger partial charge on any atom is 0.243 e. The van der Waals surface area contributed by atoms with Crippen LogP contribution in [0.25, 0.3) is 0 Å². The van der Waals surface area contributed by atoms with E-state index in [0.717, 1.165) is 17.7 Å². The average molecular weight is 431 g/mol. The van der Waals surface area contributed by atoms with Crippen LogP contribution in [0.3, 0.4) is 0 Å². The molecule has 0 radical (unpaired) electrons. The minimum atomic E-state index is -3.87. The van der Waals surface area contributed by atoms with Gasteiger partial charge in [-0.15, -0.1) is 0 Å². The first-order valence-electron chi connectivity index (χ1n) is 10.2. The van der Waals surface area contributed by atoms with Gasteiger partial charge < -0.3 is 14.4 Å². The molecule has 0 aromatic heterocycles. The Balaban J connectivity index is 1.60. The third kappa shape index (κ3) is 3.77. The Hall–Kier alpha value is -2.58. The Morgan fingerprint density at radius 2 is 1.87 bits per heavy atom. The molecule has 0 saturated carbocycles. The van der Waals surface area contributed by atoms with Gasteiger partial charge in [0.1, 0.15) is 13.2 Å². The fraction of sp³-hybridized carbons (Fsp3) is 0.409. The second-order valence-corrected chi connectivity index (χ2v) is 9.53. The molecule has 2 aromatic rings. The predicted molar refractivity (Wildman–Crippen MR) is 114 cm³/mol. The smallest absolute Gasteiger partial charge is 0.243 e. The van der Waals surface area contributed by atoms with Crippen molar-refractivity contribution in [3.05, 3.63) is 48.0 Å². The van der Waals surface area contributed by atoms with Crippen molar-refractivity contribution >= 4 is 21.6 Å². The number of anilines is 1. The van der Waals surface area contributed by atoms with Crippen molar-refractivity contribution in [2.45, 2.75) is 37.6 Å². The van der Waals surface area contributed by atoms with Crippen molar-refractivity contribution in [3.63, 3.8) is 0 Å². The lowest BCUT2D eigenvalue weighted by Crippen LogP contribution is -2.45. The van der Waals surface area contributed by atoms with E-state index in [-0.39, 0.29) is 29.9 Å². The summed E-state index contributed by atoms with van der Waals surface area (Å²) in [7, 11) is -3.87. The summed E-state index contributed by atoms with van der Waals surface area (Å²) in [4.78, 5) is 15.0. The van der Waals surface area contributed by atoms with Gasteiger partial charge in [0.2, 0.25) is 15.9 Å². The van der Waals surface area contributed by atoms with Gasteiger partial charge in [-0.3, -0.25) is 4.79 Å². The Morgan fingerprint density at radius 3 is 2.63 bits per heavy atom. The van der Waals surface area contributed by atoms with Gasteiger partial charge in [-0.25, -0.2) is 8.42 Å². The molecular formula is C22H26N2O5S. The number of sulfonamides is 1. The molecule has 1 unspecified atom stereocenters. The topological polar surface area (TPSA) is 76.2 Å². The Morgan fingerprint density at radius 1 is 1.13 bits per heavy atom. The van der Waals surface area contributed by atoms with Crippen LogP contribution in [-0.2, 0) is 21.2 Å². The van der Waals surface area contributed by atoms with Crippen LogP contribution in [0.4, 0.5) is 5.69 Å². The van der Waals surface area contributed by atoms with Crippen molar-refractivity contribution in [1.29, 1.82) is 0 Å². The first-order chi connectivity index (χ1) is 14.4. The van der Waals surface area contributed by atoms with Crippen molar-refractivity contribution in [1.82, 2.24) is 4.31 Å². The van der Waals surface area contributed by atoms with E-state index in [4.69, 9.17) is 9.47 Å². The van der Waals surface area contributed by atoms with E-state index < -0.39 is 10.0 Å². The quantitative estimate of drug-likeness (QED) is 0.704. The number of nitrogens with zero attached hydrogens (tertiary/aromatic N) is 2. The van der Waals surface area contributed by atoms with E-state index in [1.54, 1.807) is 11.0 Å². The minimum Gasteiger partial charge on any atom is -0.486 e. The van der Waals surface area contributed by atoms with E-state index in [9.17, 15) is 13.2 Å². The van der Waals surface area contributed by atoms with Gasteiger partial charge in [0, 0.05) is 24.3 Å². The summed E-state index contributed by atoms with van der Waals surface area (Å²) in [5.74, 6) is 0.718. The van der Waals surface area contributed by atoms with Crippen LogP contribution in [0.5, 0.6) is 11.5 Å². The molecule has 2 aliphatic heterocycles. The summed E-state index contributed by atoms with van der Waals surface area (Å²) in [5.41, 5.74) is 1.97. The molecule has 1 amide bonds. The number of hydrogen-bond acceptors (Lipinski definition) is 5. The van der Waals surface area contributed by atoms with Crippen LogP contribution >= 0.6 is 0 Å². The van der Waals surface area contributed by atoms with Crippen LogP contribution < -0.4 is 14.4 Å². The molecule has 0 saturated heterocycles. The highest BCUT2D eigenvalue weighted by molar-refractivity contribution is 7.89. The molecule has 0 bridgehead atoms. The van der Waals surface area contributed by atoms with Crippen LogP contribution in [0, 0.1) is 0 Å². The summed E-state index contributed by atoms with van der Waals surface area (Å²) >= 11 is 0. The number of carbonyl (C=O) groups is 1. The van der Waals surface area contributed by atoms with Crippen molar-refractivity contribution in [3.8, 4) is 11.5 Å². The number of ether oxygens (including phenoxy) is 2. The molecule has 0 aliphatic carbocycles. The summed E-state index contributed by atoms with van der Waals surface area (Å²) in [6.07, 6.45) is 1.37. The number of para-hydroxylation sites is 1. The molecule has 30 heavy (non-hydrogen) atoms. The molecular weight excluding hydrogens is 404 g/mol. The lowest BCUT2D eigenvalue weighted by atomic mass is 10.1. The number of rotatable bonds is 6. The first-order valence-corrected chi connectivity index (χ1v) is 11.7. The van der Waals surface area contributed by atoms with E-state index in [2.05, 4.69) is 0 Å². The molecule has 2 heterocycles. The average Bonchev–Trinajstić information content (AvgIpc) is 3.08. The highest BCUT2D eigenvalue weighted by Crippen LogP contribution is 2.34. The Bertz CT molecular complexity index is 1050. The molecule has 4 rings (SSSR count). The third-order valence-corrected chi connectivity index (χ3v) is 7.25. The molecule has 160 valence electrons. The zero-order valence-electron chi connectivity index (χ0n) is 17.2. The highest BCUT2D eigenvalue weighted by Gasteiger charge is 2.34. The second kappa shape index (κ2) is 8.28. The summed E-state index contributed by atoms with van der Waals surface area (Å²) < 4.78 is 39.0. The van der Waals surface area contributed by atoms with Gasteiger partial charge in [0.05, 0.1) is 11.4 Å². The molecule has 0 spiro atoms. The molecule has 2 aromatic carbocycles. The van der Waals surface area contributed by atoms with Gasteiger partial charge in [-0.2, -0.15) is 4.31 Å². The SMILES string of the molecule is CCCN(CC(=O)N1c2ccccc2CC1C)S(=O)(=O)c1ccc2c(c1)OCCO2. The lowest BCUT2D eigenvalue weighted by molar-refractivity contribution is -0.119. The van der Waals surface area contributed by atoms with Gasteiger partial charge >= 0.3 is 0 Å². The molecule has 2 aliphatic rings.